The Morgan fingerprint density at radius 1 is 0.786 bits per heavy atom. The zero-order valence-electron chi connectivity index (χ0n) is 15.3. The van der Waals surface area contributed by atoms with E-state index in [4.69, 9.17) is 9.57 Å². The van der Waals surface area contributed by atoms with Gasteiger partial charge in [0.2, 0.25) is 5.72 Å². The van der Waals surface area contributed by atoms with Crippen molar-refractivity contribution >= 4 is 17.5 Å². The molecule has 0 radical (unpaired) electrons. The Labute approximate surface area is 163 Å². The largest absolute Gasteiger partial charge is 0.444 e. The molecule has 5 rings (SSSR count). The molecule has 1 spiro atoms. The van der Waals surface area contributed by atoms with E-state index in [9.17, 15) is 4.79 Å². The van der Waals surface area contributed by atoms with Crippen LogP contribution in [0.4, 0.5) is 16.2 Å². The first-order chi connectivity index (χ1) is 13.8. The van der Waals surface area contributed by atoms with Gasteiger partial charge < -0.3 is 4.74 Å². The van der Waals surface area contributed by atoms with E-state index in [2.05, 4.69) is 12.1 Å². The molecule has 2 heterocycles. The highest BCUT2D eigenvalue weighted by Gasteiger charge is 2.58. The molecular formula is C23H20N2O3. The lowest BCUT2D eigenvalue weighted by Crippen LogP contribution is -2.48. The minimum atomic E-state index is -0.880. The molecule has 2 aliphatic rings. The summed E-state index contributed by atoms with van der Waals surface area (Å²) in [5.41, 5.74) is 1.97. The molecule has 3 aromatic carbocycles. The predicted octanol–water partition coefficient (Wildman–Crippen LogP) is 4.92. The van der Waals surface area contributed by atoms with Gasteiger partial charge in [0.15, 0.2) is 0 Å². The molecule has 140 valence electrons. The Morgan fingerprint density at radius 3 is 2.00 bits per heavy atom. The zero-order valence-corrected chi connectivity index (χ0v) is 15.3. The van der Waals surface area contributed by atoms with Crippen LogP contribution in [0.1, 0.15) is 18.0 Å². The van der Waals surface area contributed by atoms with Gasteiger partial charge in [-0.25, -0.2) is 19.6 Å². The molecule has 2 fully saturated rings. The Balaban J connectivity index is 1.59. The van der Waals surface area contributed by atoms with E-state index in [0.29, 0.717) is 6.42 Å². The fourth-order valence-electron chi connectivity index (χ4n) is 4.01. The summed E-state index contributed by atoms with van der Waals surface area (Å²) in [4.78, 5) is 20.8. The predicted molar refractivity (Wildman–Crippen MR) is 107 cm³/mol. The van der Waals surface area contributed by atoms with Crippen molar-refractivity contribution in [1.29, 1.82) is 0 Å². The quantitative estimate of drug-likeness (QED) is 0.654. The van der Waals surface area contributed by atoms with Gasteiger partial charge in [0.1, 0.15) is 6.61 Å². The van der Waals surface area contributed by atoms with Crippen LogP contribution in [0.3, 0.4) is 0 Å². The van der Waals surface area contributed by atoms with Gasteiger partial charge >= 0.3 is 6.09 Å². The highest BCUT2D eigenvalue weighted by molar-refractivity contribution is 5.91. The van der Waals surface area contributed by atoms with Crippen molar-refractivity contribution in [3.8, 4) is 0 Å². The lowest BCUT2D eigenvalue weighted by molar-refractivity contribution is -0.0168. The van der Waals surface area contributed by atoms with E-state index in [-0.39, 0.29) is 18.7 Å². The van der Waals surface area contributed by atoms with Crippen molar-refractivity contribution in [2.45, 2.75) is 18.2 Å². The maximum atomic E-state index is 12.6. The second kappa shape index (κ2) is 6.69. The average Bonchev–Trinajstić information content (AvgIpc) is 3.30. The summed E-state index contributed by atoms with van der Waals surface area (Å²) in [6, 6.07) is 29.7. The third-order valence-electron chi connectivity index (χ3n) is 5.28. The van der Waals surface area contributed by atoms with Gasteiger partial charge in [0, 0.05) is 6.42 Å². The van der Waals surface area contributed by atoms with E-state index < -0.39 is 5.72 Å². The van der Waals surface area contributed by atoms with Crippen LogP contribution in [-0.4, -0.2) is 18.4 Å². The van der Waals surface area contributed by atoms with Crippen LogP contribution >= 0.6 is 0 Å². The molecule has 2 unspecified atom stereocenters. The standard InChI is InChI=1S/C23H20N2O3/c26-22-24(19-12-6-2-7-13-19)23(17-27-22)16-21(18-10-4-1-5-11-18)25(28-23)20-14-8-3-9-15-20/h1-15,21H,16-17H2. The second-order valence-electron chi connectivity index (χ2n) is 7.05. The molecule has 2 aliphatic heterocycles. The van der Waals surface area contributed by atoms with Gasteiger partial charge in [-0.05, 0) is 29.8 Å². The summed E-state index contributed by atoms with van der Waals surface area (Å²) in [6.07, 6.45) is 0.222. The van der Waals surface area contributed by atoms with Gasteiger partial charge in [-0.1, -0.05) is 66.7 Å². The second-order valence-corrected chi connectivity index (χ2v) is 7.05. The van der Waals surface area contributed by atoms with Crippen molar-refractivity contribution in [3.63, 3.8) is 0 Å². The van der Waals surface area contributed by atoms with Gasteiger partial charge in [0.05, 0.1) is 17.4 Å². The molecule has 0 aromatic heterocycles. The molecule has 0 bridgehead atoms. The summed E-state index contributed by atoms with van der Waals surface area (Å²) in [5, 5.41) is 1.91. The first kappa shape index (κ1) is 16.8. The SMILES string of the molecule is O=C1OCC2(CC(c3ccccc3)N(c3ccccc3)O2)N1c1ccccc1. The van der Waals surface area contributed by atoms with Crippen LogP contribution < -0.4 is 9.96 Å². The number of cyclic esters (lactones) is 1. The number of nitrogens with zero attached hydrogens (tertiary/aromatic N) is 2. The highest BCUT2D eigenvalue weighted by atomic mass is 16.7. The summed E-state index contributed by atoms with van der Waals surface area (Å²) >= 11 is 0. The highest BCUT2D eigenvalue weighted by Crippen LogP contribution is 2.48. The molecule has 2 saturated heterocycles. The molecule has 1 amide bonds. The van der Waals surface area contributed by atoms with Crippen molar-refractivity contribution in [1.82, 2.24) is 0 Å². The van der Waals surface area contributed by atoms with E-state index in [0.717, 1.165) is 16.9 Å². The first-order valence-electron chi connectivity index (χ1n) is 9.37. The van der Waals surface area contributed by atoms with E-state index in [1.165, 1.54) is 0 Å². The van der Waals surface area contributed by atoms with Crippen molar-refractivity contribution in [2.75, 3.05) is 16.6 Å². The number of hydroxylamine groups is 1. The Kier molecular flexibility index (Phi) is 4.02. The van der Waals surface area contributed by atoms with Crippen molar-refractivity contribution < 1.29 is 14.4 Å². The number of carbonyl (C=O) groups is 1. The third kappa shape index (κ3) is 2.72. The van der Waals surface area contributed by atoms with E-state index in [1.54, 1.807) is 4.90 Å². The van der Waals surface area contributed by atoms with Crippen LogP contribution in [0.2, 0.25) is 0 Å². The molecule has 5 heteroatoms. The summed E-state index contributed by atoms with van der Waals surface area (Å²) < 4.78 is 5.46. The molecule has 2 atom stereocenters. The Bertz CT molecular complexity index is 915. The molecule has 3 aromatic rings. The number of anilines is 2. The lowest BCUT2D eigenvalue weighted by atomic mass is 9.97. The number of amides is 1. The topological polar surface area (TPSA) is 42.0 Å². The smallest absolute Gasteiger partial charge is 0.417 e. The maximum absolute atomic E-state index is 12.6. The fraction of sp³-hybridized carbons (Fsp3) is 0.174. The van der Waals surface area contributed by atoms with Gasteiger partial charge in [-0.3, -0.25) is 0 Å². The van der Waals surface area contributed by atoms with Crippen LogP contribution in [0, 0.1) is 0 Å². The Hall–Kier alpha value is -3.31. The summed E-state index contributed by atoms with van der Waals surface area (Å²) in [6.45, 7) is 0.188. The molecular weight excluding hydrogens is 352 g/mol. The number of hydrogen-bond acceptors (Lipinski definition) is 4. The van der Waals surface area contributed by atoms with Crippen LogP contribution in [0.5, 0.6) is 0 Å². The zero-order chi connectivity index (χ0) is 19.0. The molecule has 0 N–H and O–H groups in total. The van der Waals surface area contributed by atoms with Crippen molar-refractivity contribution in [2.24, 2.45) is 0 Å². The van der Waals surface area contributed by atoms with Gasteiger partial charge in [-0.2, -0.15) is 0 Å². The third-order valence-corrected chi connectivity index (χ3v) is 5.28. The monoisotopic (exact) mass is 372 g/mol. The number of benzene rings is 3. The number of hydrogen-bond donors (Lipinski definition) is 0. The van der Waals surface area contributed by atoms with Gasteiger partial charge in [-0.15, -0.1) is 0 Å². The average molecular weight is 372 g/mol. The van der Waals surface area contributed by atoms with Crippen LogP contribution in [0.25, 0.3) is 0 Å². The molecule has 5 nitrogen and oxygen atoms in total. The summed E-state index contributed by atoms with van der Waals surface area (Å²) in [7, 11) is 0. The number of rotatable bonds is 3. The maximum Gasteiger partial charge on any atom is 0.417 e. The van der Waals surface area contributed by atoms with Gasteiger partial charge in [0.25, 0.3) is 0 Å². The van der Waals surface area contributed by atoms with E-state index >= 15 is 0 Å². The molecule has 28 heavy (non-hydrogen) atoms. The number of carbonyl (C=O) groups excluding carboxylic acids is 1. The summed E-state index contributed by atoms with van der Waals surface area (Å²) in [5.74, 6) is 0. The first-order valence-corrected chi connectivity index (χ1v) is 9.37. The molecule has 0 aliphatic carbocycles. The van der Waals surface area contributed by atoms with E-state index in [1.807, 2.05) is 83.9 Å². The van der Waals surface area contributed by atoms with Crippen molar-refractivity contribution in [3.05, 3.63) is 96.6 Å². The normalized spacial score (nSPS) is 24.0. The van der Waals surface area contributed by atoms with Crippen LogP contribution in [-0.2, 0) is 9.57 Å². The Morgan fingerprint density at radius 2 is 1.36 bits per heavy atom. The number of para-hydroxylation sites is 2. The van der Waals surface area contributed by atoms with Crippen LogP contribution in [0.15, 0.2) is 91.0 Å². The minimum absolute atomic E-state index is 0.0377. The lowest BCUT2D eigenvalue weighted by Gasteiger charge is -2.31. The fourth-order valence-corrected chi connectivity index (χ4v) is 4.01. The molecule has 0 saturated carbocycles. The minimum Gasteiger partial charge on any atom is -0.444 e. The number of ether oxygens (including phenoxy) is 1.